The summed E-state index contributed by atoms with van der Waals surface area (Å²) in [5.41, 5.74) is 0.631. The highest BCUT2D eigenvalue weighted by Crippen LogP contribution is 2.36. The van der Waals surface area contributed by atoms with Crippen LogP contribution in [-0.2, 0) is 20.9 Å². The lowest BCUT2D eigenvalue weighted by atomic mass is 10.1. The number of non-ortho nitro benzene ring substituents is 1. The van der Waals surface area contributed by atoms with Gasteiger partial charge in [-0.25, -0.2) is 4.79 Å². The van der Waals surface area contributed by atoms with E-state index in [-0.39, 0.29) is 45.7 Å². The second kappa shape index (κ2) is 14.1. The Hall–Kier alpha value is -5.17. The van der Waals surface area contributed by atoms with Crippen LogP contribution in [0.4, 0.5) is 17.1 Å². The second-order valence-electron chi connectivity index (χ2n) is 9.98. The van der Waals surface area contributed by atoms with Crippen LogP contribution in [0.5, 0.6) is 11.5 Å². The van der Waals surface area contributed by atoms with Gasteiger partial charge in [0.2, 0.25) is 6.41 Å². The molecular weight excluding hydrogens is 582 g/mol. The molecular formula is C29H30ClN5O8. The van der Waals surface area contributed by atoms with Crippen molar-refractivity contribution in [1.29, 1.82) is 5.41 Å². The molecule has 0 saturated heterocycles. The normalized spacial score (nSPS) is 10.7. The minimum atomic E-state index is -0.741. The Balaban J connectivity index is 1.86. The molecule has 0 atom stereocenters. The van der Waals surface area contributed by atoms with Crippen molar-refractivity contribution in [2.45, 2.75) is 32.9 Å². The first-order valence-corrected chi connectivity index (χ1v) is 13.1. The minimum Gasteiger partial charge on any atom is -0.493 e. The van der Waals surface area contributed by atoms with E-state index in [1.807, 2.05) is 0 Å². The molecule has 3 rings (SSSR count). The zero-order valence-electron chi connectivity index (χ0n) is 23.8. The summed E-state index contributed by atoms with van der Waals surface area (Å²) in [6.45, 7) is 4.59. The number of esters is 1. The van der Waals surface area contributed by atoms with Crippen LogP contribution in [0.25, 0.3) is 0 Å². The molecule has 2 amide bonds. The lowest BCUT2D eigenvalue weighted by Crippen LogP contribution is -2.27. The Morgan fingerprint density at radius 2 is 1.79 bits per heavy atom. The number of nitrogens with one attached hydrogen (secondary N) is 4. The topological polar surface area (TPSA) is 182 Å². The van der Waals surface area contributed by atoms with E-state index in [4.69, 9.17) is 31.2 Å². The Morgan fingerprint density at radius 1 is 1.09 bits per heavy atom. The van der Waals surface area contributed by atoms with Crippen LogP contribution in [0.15, 0.2) is 54.6 Å². The average Bonchev–Trinajstić information content (AvgIpc) is 2.94. The maximum Gasteiger partial charge on any atom is 0.344 e. The standard InChI is InChI=1S/C29H30ClN5O8/c1-29(2,3)43-25(37)15-42-26-18(11-21(35(39)40)13-24(26)41-4)14-32-23-10-7-19(30)12-22(23)28(38)34-20-8-5-17(6-9-20)27(31)33-16-36/h5-13,16,32H,14-15H2,1-4H3,(H,34,38)(H2,31,33,36). The number of amidine groups is 1. The number of hydrogen-bond acceptors (Lipinski definition) is 10. The van der Waals surface area contributed by atoms with Gasteiger partial charge in [0.15, 0.2) is 18.1 Å². The third-order valence-electron chi connectivity index (χ3n) is 5.63. The van der Waals surface area contributed by atoms with Crippen molar-refractivity contribution in [3.05, 3.63) is 86.4 Å². The molecule has 4 N–H and O–H groups in total. The molecule has 0 fully saturated rings. The van der Waals surface area contributed by atoms with Crippen molar-refractivity contribution in [2.75, 3.05) is 24.4 Å². The van der Waals surface area contributed by atoms with Crippen LogP contribution in [0, 0.1) is 15.5 Å². The molecule has 13 nitrogen and oxygen atoms in total. The number of anilines is 2. The van der Waals surface area contributed by atoms with Crippen molar-refractivity contribution in [3.8, 4) is 11.5 Å². The van der Waals surface area contributed by atoms with Gasteiger partial charge in [0.05, 0.1) is 23.7 Å². The van der Waals surface area contributed by atoms with Gasteiger partial charge in [-0.1, -0.05) is 11.6 Å². The quantitative estimate of drug-likeness (QED) is 0.0552. The third-order valence-corrected chi connectivity index (χ3v) is 5.87. The molecule has 226 valence electrons. The summed E-state index contributed by atoms with van der Waals surface area (Å²) in [4.78, 5) is 47.1. The Bertz CT molecular complexity index is 1540. The van der Waals surface area contributed by atoms with Crippen molar-refractivity contribution >= 4 is 52.8 Å². The predicted octanol–water partition coefficient (Wildman–Crippen LogP) is 4.91. The van der Waals surface area contributed by atoms with E-state index < -0.39 is 29.0 Å². The molecule has 0 aliphatic heterocycles. The third kappa shape index (κ3) is 9.16. The first kappa shape index (κ1) is 32.3. The van der Waals surface area contributed by atoms with Gasteiger partial charge in [-0.2, -0.15) is 0 Å². The fraction of sp³-hybridized carbons (Fsp3) is 0.241. The zero-order valence-corrected chi connectivity index (χ0v) is 24.5. The number of amides is 2. The van der Waals surface area contributed by atoms with Gasteiger partial charge in [-0.05, 0) is 63.2 Å². The molecule has 43 heavy (non-hydrogen) atoms. The predicted molar refractivity (Wildman–Crippen MR) is 160 cm³/mol. The number of nitrogens with zero attached hydrogens (tertiary/aromatic N) is 1. The van der Waals surface area contributed by atoms with Crippen LogP contribution in [-0.4, -0.2) is 48.4 Å². The number of benzene rings is 3. The number of nitro benzene ring substituents is 1. The lowest BCUT2D eigenvalue weighted by molar-refractivity contribution is -0.385. The van der Waals surface area contributed by atoms with Crippen molar-refractivity contribution in [3.63, 3.8) is 0 Å². The largest absolute Gasteiger partial charge is 0.493 e. The second-order valence-corrected chi connectivity index (χ2v) is 10.4. The Labute approximate surface area is 252 Å². The first-order chi connectivity index (χ1) is 20.3. The van der Waals surface area contributed by atoms with E-state index in [2.05, 4.69) is 16.0 Å². The van der Waals surface area contributed by atoms with Gasteiger partial charge in [0.25, 0.3) is 11.6 Å². The molecule has 0 aliphatic rings. The maximum absolute atomic E-state index is 13.2. The monoisotopic (exact) mass is 611 g/mol. The van der Waals surface area contributed by atoms with Crippen molar-refractivity contribution < 1.29 is 33.5 Å². The lowest BCUT2D eigenvalue weighted by Gasteiger charge is -2.21. The molecule has 0 aliphatic carbocycles. The maximum atomic E-state index is 13.2. The molecule has 0 radical (unpaired) electrons. The van der Waals surface area contributed by atoms with Crippen LogP contribution >= 0.6 is 11.6 Å². The van der Waals surface area contributed by atoms with Gasteiger partial charge >= 0.3 is 5.97 Å². The average molecular weight is 612 g/mol. The van der Waals surface area contributed by atoms with Crippen molar-refractivity contribution in [2.24, 2.45) is 0 Å². The van der Waals surface area contributed by atoms with Gasteiger partial charge in [0.1, 0.15) is 11.4 Å². The Morgan fingerprint density at radius 3 is 2.40 bits per heavy atom. The summed E-state index contributed by atoms with van der Waals surface area (Å²) in [7, 11) is 1.31. The van der Waals surface area contributed by atoms with Crippen molar-refractivity contribution in [1.82, 2.24) is 5.32 Å². The molecule has 14 heteroatoms. The minimum absolute atomic E-state index is 0.0310. The number of halogens is 1. The molecule has 3 aromatic rings. The summed E-state index contributed by atoms with van der Waals surface area (Å²) in [5, 5.41) is 27.7. The summed E-state index contributed by atoms with van der Waals surface area (Å²) in [6.07, 6.45) is 0.394. The zero-order chi connectivity index (χ0) is 31.7. The van der Waals surface area contributed by atoms with Gasteiger partial charge in [-0.15, -0.1) is 0 Å². The number of ether oxygens (including phenoxy) is 3. The van der Waals surface area contributed by atoms with Crippen LogP contribution in [0.3, 0.4) is 0 Å². The molecule has 0 saturated carbocycles. The highest BCUT2D eigenvalue weighted by atomic mass is 35.5. The molecule has 0 unspecified atom stereocenters. The fourth-order valence-electron chi connectivity index (χ4n) is 3.81. The van der Waals surface area contributed by atoms with Gasteiger partial charge in [0, 0.05) is 40.1 Å². The fourth-order valence-corrected chi connectivity index (χ4v) is 3.98. The number of methoxy groups -OCH3 is 1. The Kier molecular flexibility index (Phi) is 10.6. The van der Waals surface area contributed by atoms with E-state index in [0.717, 1.165) is 0 Å². The molecule has 0 aromatic heterocycles. The molecule has 0 bridgehead atoms. The summed E-state index contributed by atoms with van der Waals surface area (Å²) < 4.78 is 16.3. The summed E-state index contributed by atoms with van der Waals surface area (Å²) >= 11 is 6.18. The van der Waals surface area contributed by atoms with E-state index in [1.165, 1.54) is 25.3 Å². The highest BCUT2D eigenvalue weighted by Gasteiger charge is 2.22. The molecule has 0 spiro atoms. The van der Waals surface area contributed by atoms with Crippen LogP contribution < -0.4 is 25.4 Å². The number of carbonyl (C=O) groups is 3. The van der Waals surface area contributed by atoms with E-state index in [1.54, 1.807) is 57.2 Å². The molecule has 0 heterocycles. The SMILES string of the molecule is COc1cc([N+](=O)[O-])cc(CNc2ccc(Cl)cc2C(=O)Nc2ccc(C(=N)NC=O)cc2)c1OCC(=O)OC(C)(C)C. The highest BCUT2D eigenvalue weighted by molar-refractivity contribution is 6.31. The first-order valence-electron chi connectivity index (χ1n) is 12.7. The number of carbonyl (C=O) groups excluding carboxylic acids is 3. The molecule has 3 aromatic carbocycles. The number of nitro groups is 1. The smallest absolute Gasteiger partial charge is 0.344 e. The summed E-state index contributed by atoms with van der Waals surface area (Å²) in [5.74, 6) is -1.14. The number of hydrogen-bond donors (Lipinski definition) is 4. The van der Waals surface area contributed by atoms with Gasteiger partial charge < -0.3 is 30.2 Å². The van der Waals surface area contributed by atoms with Gasteiger partial charge in [-0.3, -0.25) is 25.1 Å². The van der Waals surface area contributed by atoms with E-state index in [0.29, 0.717) is 23.3 Å². The van der Waals surface area contributed by atoms with E-state index >= 15 is 0 Å². The van der Waals surface area contributed by atoms with E-state index in [9.17, 15) is 24.5 Å². The summed E-state index contributed by atoms with van der Waals surface area (Å²) in [6, 6.07) is 13.3. The number of rotatable bonds is 12. The van der Waals surface area contributed by atoms with Crippen LogP contribution in [0.1, 0.15) is 42.3 Å². The van der Waals surface area contributed by atoms with Crippen LogP contribution in [0.2, 0.25) is 5.02 Å².